The lowest BCUT2D eigenvalue weighted by molar-refractivity contribution is 0.0759. The molecule has 5 heteroatoms. The summed E-state index contributed by atoms with van der Waals surface area (Å²) < 4.78 is 11.0. The molecule has 0 N–H and O–H groups in total. The highest BCUT2D eigenvalue weighted by molar-refractivity contribution is 7.99. The number of amides is 1. The zero-order valence-corrected chi connectivity index (χ0v) is 17.3. The summed E-state index contributed by atoms with van der Waals surface area (Å²) in [5.41, 5.74) is 3.90. The van der Waals surface area contributed by atoms with Crippen molar-refractivity contribution in [3.8, 4) is 22.6 Å². The van der Waals surface area contributed by atoms with Crippen molar-refractivity contribution >= 4 is 17.7 Å². The van der Waals surface area contributed by atoms with E-state index < -0.39 is 0 Å². The second kappa shape index (κ2) is 8.62. The van der Waals surface area contributed by atoms with Crippen LogP contribution in [0.5, 0.6) is 11.5 Å². The Morgan fingerprint density at radius 2 is 1.62 bits per heavy atom. The number of hydrogen-bond donors (Lipinski definition) is 0. The summed E-state index contributed by atoms with van der Waals surface area (Å²) in [6.45, 7) is 0.703. The first-order valence-electron chi connectivity index (χ1n) is 9.52. The van der Waals surface area contributed by atoms with Gasteiger partial charge in [-0.05, 0) is 29.3 Å². The maximum Gasteiger partial charge on any atom is 0.255 e. The van der Waals surface area contributed by atoms with Gasteiger partial charge in [0.25, 0.3) is 5.91 Å². The lowest BCUT2D eigenvalue weighted by Crippen LogP contribution is -2.30. The van der Waals surface area contributed by atoms with Gasteiger partial charge in [-0.1, -0.05) is 54.6 Å². The van der Waals surface area contributed by atoms with Crippen LogP contribution >= 0.6 is 11.8 Å². The van der Waals surface area contributed by atoms with E-state index in [4.69, 9.17) is 9.47 Å². The van der Waals surface area contributed by atoms with Gasteiger partial charge < -0.3 is 14.4 Å². The van der Waals surface area contributed by atoms with E-state index in [1.54, 1.807) is 26.0 Å². The van der Waals surface area contributed by atoms with E-state index in [-0.39, 0.29) is 11.3 Å². The van der Waals surface area contributed by atoms with Crippen molar-refractivity contribution in [3.63, 3.8) is 0 Å². The Morgan fingerprint density at radius 3 is 2.31 bits per heavy atom. The van der Waals surface area contributed by atoms with Gasteiger partial charge in [-0.25, -0.2) is 0 Å². The fraction of sp³-hybridized carbons (Fsp3) is 0.208. The molecule has 1 aliphatic heterocycles. The number of carbonyl (C=O) groups is 1. The summed E-state index contributed by atoms with van der Waals surface area (Å²) >= 11 is 1.74. The quantitative estimate of drug-likeness (QED) is 0.580. The summed E-state index contributed by atoms with van der Waals surface area (Å²) in [6.07, 6.45) is 0. The highest BCUT2D eigenvalue weighted by Gasteiger charge is 2.33. The largest absolute Gasteiger partial charge is 0.493 e. The minimum Gasteiger partial charge on any atom is -0.493 e. The third-order valence-corrected chi connectivity index (χ3v) is 6.33. The third kappa shape index (κ3) is 3.83. The first-order chi connectivity index (χ1) is 14.2. The molecule has 1 saturated heterocycles. The number of methoxy groups -OCH3 is 2. The van der Waals surface area contributed by atoms with Crippen LogP contribution in [0.15, 0.2) is 72.8 Å². The molecule has 0 bridgehead atoms. The van der Waals surface area contributed by atoms with Crippen molar-refractivity contribution in [3.05, 3.63) is 83.9 Å². The molecule has 4 nitrogen and oxygen atoms in total. The number of benzene rings is 3. The summed E-state index contributed by atoms with van der Waals surface area (Å²) in [6, 6.07) is 23.8. The molecule has 1 amide bonds. The normalized spacial score (nSPS) is 15.9. The fourth-order valence-electron chi connectivity index (χ4n) is 3.64. The van der Waals surface area contributed by atoms with Crippen LogP contribution in [-0.2, 0) is 0 Å². The van der Waals surface area contributed by atoms with Crippen LogP contribution in [0.3, 0.4) is 0 Å². The fourth-order valence-corrected chi connectivity index (χ4v) is 4.92. The number of thioether (sulfide) groups is 1. The van der Waals surface area contributed by atoms with E-state index in [2.05, 4.69) is 12.1 Å². The van der Waals surface area contributed by atoms with Gasteiger partial charge in [0.2, 0.25) is 0 Å². The van der Waals surface area contributed by atoms with E-state index in [1.807, 2.05) is 65.6 Å². The molecule has 0 unspecified atom stereocenters. The van der Waals surface area contributed by atoms with Crippen LogP contribution in [0.2, 0.25) is 0 Å². The summed E-state index contributed by atoms with van der Waals surface area (Å²) in [5, 5.41) is -0.0960. The van der Waals surface area contributed by atoms with E-state index in [1.165, 1.54) is 0 Å². The summed E-state index contributed by atoms with van der Waals surface area (Å²) in [4.78, 5) is 15.2. The molecule has 1 aliphatic rings. The molecule has 1 heterocycles. The minimum absolute atomic E-state index is 0.0319. The molecule has 0 aromatic heterocycles. The second-order valence-corrected chi connectivity index (χ2v) is 7.94. The molecular formula is C24H23NO3S. The Hall–Kier alpha value is -2.92. The van der Waals surface area contributed by atoms with Crippen LogP contribution in [0.25, 0.3) is 11.1 Å². The summed E-state index contributed by atoms with van der Waals surface area (Å²) in [5.74, 6) is 2.28. The van der Waals surface area contributed by atoms with Gasteiger partial charge in [0.1, 0.15) is 5.37 Å². The van der Waals surface area contributed by atoms with Gasteiger partial charge in [-0.2, -0.15) is 0 Å². The number of nitrogens with zero attached hydrogens (tertiary/aromatic N) is 1. The first-order valence-corrected chi connectivity index (χ1v) is 10.6. The standard InChI is InChI=1S/C24H23NO3S/c1-27-21-10-6-9-20(22(21)28-2)24-25(15-16-29-24)23(26)19-13-11-18(12-14-19)17-7-4-3-5-8-17/h3-14,24H,15-16H2,1-2H3/t24-/m1/s1. The van der Waals surface area contributed by atoms with E-state index in [0.717, 1.165) is 22.4 Å². The van der Waals surface area contributed by atoms with Crippen LogP contribution in [0.1, 0.15) is 21.3 Å². The molecule has 29 heavy (non-hydrogen) atoms. The highest BCUT2D eigenvalue weighted by atomic mass is 32.2. The monoisotopic (exact) mass is 405 g/mol. The number of ether oxygens (including phenoxy) is 2. The molecule has 3 aromatic rings. The zero-order valence-electron chi connectivity index (χ0n) is 16.5. The van der Waals surface area contributed by atoms with Gasteiger partial charge in [0.05, 0.1) is 14.2 Å². The lowest BCUT2D eigenvalue weighted by Gasteiger charge is -2.26. The first kappa shape index (κ1) is 19.4. The van der Waals surface area contributed by atoms with E-state index in [9.17, 15) is 4.79 Å². The number of rotatable bonds is 5. The molecular weight excluding hydrogens is 382 g/mol. The van der Waals surface area contributed by atoms with Gasteiger partial charge in [-0.15, -0.1) is 11.8 Å². The summed E-state index contributed by atoms with van der Waals surface area (Å²) in [7, 11) is 3.26. The van der Waals surface area contributed by atoms with Crippen LogP contribution in [-0.4, -0.2) is 37.3 Å². The maximum atomic E-state index is 13.3. The molecule has 148 valence electrons. The molecule has 0 aliphatic carbocycles. The van der Waals surface area contributed by atoms with Gasteiger partial charge in [0.15, 0.2) is 11.5 Å². The Kier molecular flexibility index (Phi) is 5.76. The number of para-hydroxylation sites is 1. The van der Waals surface area contributed by atoms with E-state index in [0.29, 0.717) is 23.6 Å². The van der Waals surface area contributed by atoms with Crippen LogP contribution in [0.4, 0.5) is 0 Å². The predicted octanol–water partition coefficient (Wildman–Crippen LogP) is 5.26. The van der Waals surface area contributed by atoms with Crippen molar-refractivity contribution in [2.45, 2.75) is 5.37 Å². The Morgan fingerprint density at radius 1 is 0.897 bits per heavy atom. The molecule has 1 atom stereocenters. The molecule has 1 fully saturated rings. The average Bonchev–Trinajstić information content (AvgIpc) is 3.28. The Balaban J connectivity index is 1.60. The lowest BCUT2D eigenvalue weighted by atomic mass is 10.0. The van der Waals surface area contributed by atoms with Gasteiger partial charge in [-0.3, -0.25) is 4.79 Å². The molecule has 0 radical (unpaired) electrons. The SMILES string of the molecule is COc1cccc([C@H]2SCCN2C(=O)c2ccc(-c3ccccc3)cc2)c1OC. The zero-order chi connectivity index (χ0) is 20.2. The Labute approximate surface area is 175 Å². The highest BCUT2D eigenvalue weighted by Crippen LogP contribution is 2.45. The van der Waals surface area contributed by atoms with Crippen molar-refractivity contribution in [1.82, 2.24) is 4.90 Å². The predicted molar refractivity (Wildman–Crippen MR) is 118 cm³/mol. The third-order valence-electron chi connectivity index (χ3n) is 5.09. The molecule has 0 saturated carbocycles. The van der Waals surface area contributed by atoms with Gasteiger partial charge in [0, 0.05) is 23.4 Å². The van der Waals surface area contributed by atoms with Crippen LogP contribution < -0.4 is 9.47 Å². The number of carbonyl (C=O) groups excluding carboxylic acids is 1. The average molecular weight is 406 g/mol. The topological polar surface area (TPSA) is 38.8 Å². The number of hydrogen-bond acceptors (Lipinski definition) is 4. The smallest absolute Gasteiger partial charge is 0.255 e. The van der Waals surface area contributed by atoms with Gasteiger partial charge >= 0.3 is 0 Å². The van der Waals surface area contributed by atoms with Crippen molar-refractivity contribution in [2.24, 2.45) is 0 Å². The molecule has 0 spiro atoms. The maximum absolute atomic E-state index is 13.3. The van der Waals surface area contributed by atoms with Crippen molar-refractivity contribution in [1.29, 1.82) is 0 Å². The van der Waals surface area contributed by atoms with Crippen molar-refractivity contribution in [2.75, 3.05) is 26.5 Å². The molecule has 4 rings (SSSR count). The van der Waals surface area contributed by atoms with Crippen LogP contribution in [0, 0.1) is 0 Å². The van der Waals surface area contributed by atoms with E-state index >= 15 is 0 Å². The Bertz CT molecular complexity index is 989. The second-order valence-electron chi connectivity index (χ2n) is 6.75. The molecule has 3 aromatic carbocycles. The van der Waals surface area contributed by atoms with Crippen molar-refractivity contribution < 1.29 is 14.3 Å². The minimum atomic E-state index is -0.0960.